The third kappa shape index (κ3) is 6.07. The molecule has 0 aromatic heterocycles. The van der Waals surface area contributed by atoms with Crippen molar-refractivity contribution in [3.63, 3.8) is 0 Å². The van der Waals surface area contributed by atoms with E-state index in [1.54, 1.807) is 0 Å². The van der Waals surface area contributed by atoms with Crippen molar-refractivity contribution in [2.45, 2.75) is 51.0 Å². The van der Waals surface area contributed by atoms with Crippen molar-refractivity contribution in [2.24, 2.45) is 17.6 Å². The normalized spacial score (nSPS) is 24.4. The minimum absolute atomic E-state index is 0.0846. The van der Waals surface area contributed by atoms with Crippen LogP contribution in [0.5, 0.6) is 0 Å². The van der Waals surface area contributed by atoms with Crippen molar-refractivity contribution in [3.8, 4) is 0 Å². The highest BCUT2D eigenvalue weighted by atomic mass is 16.4. The van der Waals surface area contributed by atoms with Gasteiger partial charge in [0.1, 0.15) is 12.1 Å². The maximum absolute atomic E-state index is 12.9. The number of rotatable bonds is 8. The van der Waals surface area contributed by atoms with Gasteiger partial charge < -0.3 is 41.5 Å². The molecule has 2 heterocycles. The fourth-order valence-electron chi connectivity index (χ4n) is 4.01. The molecule has 2 rings (SSSR count). The number of hydrogen-bond acceptors (Lipinski definition) is 7. The number of amides is 5. The summed E-state index contributed by atoms with van der Waals surface area (Å²) in [5, 5.41) is 32.6. The van der Waals surface area contributed by atoms with E-state index in [2.05, 4.69) is 5.32 Å². The average molecular weight is 457 g/mol. The topological polar surface area (TPSA) is 203 Å². The Morgan fingerprint density at radius 3 is 1.94 bits per heavy atom. The number of nitrogens with one attached hydrogen (secondary N) is 2. The van der Waals surface area contributed by atoms with E-state index in [0.29, 0.717) is 19.4 Å². The van der Waals surface area contributed by atoms with Gasteiger partial charge in [0.25, 0.3) is 0 Å². The monoisotopic (exact) mass is 457 g/mol. The minimum Gasteiger partial charge on any atom is -0.465 e. The van der Waals surface area contributed by atoms with Crippen LogP contribution in [0.1, 0.15) is 26.7 Å². The number of aliphatic hydroxyl groups excluding tert-OH is 2. The van der Waals surface area contributed by atoms with E-state index in [9.17, 15) is 34.2 Å². The van der Waals surface area contributed by atoms with Crippen LogP contribution in [0.25, 0.3) is 0 Å². The zero-order chi connectivity index (χ0) is 24.2. The van der Waals surface area contributed by atoms with Gasteiger partial charge in [-0.15, -0.1) is 0 Å². The van der Waals surface area contributed by atoms with E-state index in [1.807, 2.05) is 5.32 Å². The number of carbonyl (C=O) groups excluding carboxylic acids is 4. The third-order valence-corrected chi connectivity index (χ3v) is 5.83. The molecule has 0 spiro atoms. The third-order valence-electron chi connectivity index (χ3n) is 5.83. The van der Waals surface area contributed by atoms with Gasteiger partial charge in [-0.1, -0.05) is 0 Å². The highest BCUT2D eigenvalue weighted by Gasteiger charge is 2.40. The highest BCUT2D eigenvalue weighted by Crippen LogP contribution is 2.24. The van der Waals surface area contributed by atoms with Gasteiger partial charge in [-0.25, -0.2) is 4.79 Å². The summed E-state index contributed by atoms with van der Waals surface area (Å²) >= 11 is 0. The maximum Gasteiger partial charge on any atom is 0.405 e. The molecule has 5 amide bonds. The van der Waals surface area contributed by atoms with Crippen LogP contribution < -0.4 is 16.4 Å². The summed E-state index contributed by atoms with van der Waals surface area (Å²) in [4.78, 5) is 63.0. The molecule has 0 aromatic carbocycles. The first-order valence-electron chi connectivity index (χ1n) is 10.4. The summed E-state index contributed by atoms with van der Waals surface area (Å²) in [6.07, 6.45) is -3.07. The lowest BCUT2D eigenvalue weighted by Gasteiger charge is -2.26. The quantitative estimate of drug-likeness (QED) is 0.222. The van der Waals surface area contributed by atoms with Crippen molar-refractivity contribution in [3.05, 3.63) is 0 Å². The van der Waals surface area contributed by atoms with Crippen molar-refractivity contribution in [2.75, 3.05) is 26.2 Å². The summed E-state index contributed by atoms with van der Waals surface area (Å²) in [6.45, 7) is 3.42. The Bertz CT molecular complexity index is 758. The van der Waals surface area contributed by atoms with Crippen molar-refractivity contribution in [1.82, 2.24) is 20.4 Å². The Kier molecular flexibility index (Phi) is 8.38. The second kappa shape index (κ2) is 10.6. The first-order valence-corrected chi connectivity index (χ1v) is 10.4. The molecule has 2 aliphatic heterocycles. The SMILES string of the molecule is C[C@@H](O)[C@H](NC(=O)[C@H]1CCN(C(=O)[C@@H]2CCN(C(=O)[C@@H](NC(=O)O)[C@@H](C)O)C2)C1)C(N)=O. The van der Waals surface area contributed by atoms with E-state index < -0.39 is 59.9 Å². The molecule has 0 aromatic rings. The standard InChI is InChI=1S/C19H31N5O8/c1-9(25)13(15(20)27)21-16(28)11-3-5-23(7-11)17(29)12-4-6-24(8-12)18(30)14(10(2)26)22-19(31)32/h9-14,22,25-26H,3-8H2,1-2H3,(H2,20,27)(H,21,28)(H,31,32)/t9-,10-,11+,12-,13+,14+/m1/s1. The molecule has 2 fully saturated rings. The number of carbonyl (C=O) groups is 5. The second-order valence-electron chi connectivity index (χ2n) is 8.34. The fraction of sp³-hybridized carbons (Fsp3) is 0.737. The first kappa shape index (κ1) is 25.3. The summed E-state index contributed by atoms with van der Waals surface area (Å²) in [6, 6.07) is -2.55. The minimum atomic E-state index is -1.44. The van der Waals surface area contributed by atoms with Gasteiger partial charge in [0, 0.05) is 26.2 Å². The summed E-state index contributed by atoms with van der Waals surface area (Å²) in [7, 11) is 0. The van der Waals surface area contributed by atoms with Crippen LogP contribution in [0.2, 0.25) is 0 Å². The average Bonchev–Trinajstić information content (AvgIpc) is 3.38. The summed E-state index contributed by atoms with van der Waals surface area (Å²) < 4.78 is 0. The van der Waals surface area contributed by atoms with Gasteiger partial charge >= 0.3 is 6.09 Å². The van der Waals surface area contributed by atoms with E-state index in [4.69, 9.17) is 10.8 Å². The molecule has 0 unspecified atom stereocenters. The molecule has 0 radical (unpaired) electrons. The molecule has 180 valence electrons. The van der Waals surface area contributed by atoms with Gasteiger partial charge in [-0.2, -0.15) is 0 Å². The molecule has 7 N–H and O–H groups in total. The van der Waals surface area contributed by atoms with Gasteiger partial charge in [-0.05, 0) is 26.7 Å². The van der Waals surface area contributed by atoms with E-state index in [-0.39, 0.29) is 25.5 Å². The number of primary amides is 1. The number of carboxylic acid groups (broad SMARTS) is 1. The molecule has 13 nitrogen and oxygen atoms in total. The summed E-state index contributed by atoms with van der Waals surface area (Å²) in [5.41, 5.74) is 5.18. The number of aliphatic hydroxyl groups is 2. The molecule has 0 bridgehead atoms. The molecule has 32 heavy (non-hydrogen) atoms. The number of likely N-dealkylation sites (tertiary alicyclic amines) is 2. The molecule has 0 aliphatic carbocycles. The van der Waals surface area contributed by atoms with Crippen LogP contribution in [0.15, 0.2) is 0 Å². The Labute approximate surface area is 184 Å². The largest absolute Gasteiger partial charge is 0.465 e. The lowest BCUT2D eigenvalue weighted by molar-refractivity contribution is -0.137. The van der Waals surface area contributed by atoms with Crippen LogP contribution in [-0.2, 0) is 19.2 Å². The predicted molar refractivity (Wildman–Crippen MR) is 109 cm³/mol. The zero-order valence-electron chi connectivity index (χ0n) is 18.1. The van der Waals surface area contributed by atoms with Crippen molar-refractivity contribution < 1.29 is 39.3 Å². The van der Waals surface area contributed by atoms with E-state index in [0.717, 1.165) is 0 Å². The first-order chi connectivity index (χ1) is 14.9. The Morgan fingerprint density at radius 2 is 1.41 bits per heavy atom. The smallest absolute Gasteiger partial charge is 0.405 e. The highest BCUT2D eigenvalue weighted by molar-refractivity contribution is 5.90. The predicted octanol–water partition coefficient (Wildman–Crippen LogP) is -2.95. The van der Waals surface area contributed by atoms with Crippen LogP contribution in [-0.4, -0.2) is 105 Å². The molecule has 2 aliphatic rings. The number of nitrogens with zero attached hydrogens (tertiary/aromatic N) is 2. The fourth-order valence-corrected chi connectivity index (χ4v) is 4.01. The molecular weight excluding hydrogens is 426 g/mol. The van der Waals surface area contributed by atoms with Gasteiger partial charge in [0.05, 0.1) is 24.0 Å². The van der Waals surface area contributed by atoms with Crippen LogP contribution in [0.4, 0.5) is 4.79 Å². The second-order valence-corrected chi connectivity index (χ2v) is 8.34. The Morgan fingerprint density at radius 1 is 0.875 bits per heavy atom. The van der Waals surface area contributed by atoms with Gasteiger partial charge in [-0.3, -0.25) is 19.2 Å². The van der Waals surface area contributed by atoms with Crippen LogP contribution in [0.3, 0.4) is 0 Å². The van der Waals surface area contributed by atoms with Crippen molar-refractivity contribution in [1.29, 1.82) is 0 Å². The molecule has 13 heteroatoms. The lowest BCUT2D eigenvalue weighted by atomic mass is 10.1. The zero-order valence-corrected chi connectivity index (χ0v) is 18.1. The van der Waals surface area contributed by atoms with Crippen LogP contribution in [0, 0.1) is 11.8 Å². The van der Waals surface area contributed by atoms with Gasteiger partial charge in [0.15, 0.2) is 0 Å². The Balaban J connectivity index is 1.92. The summed E-state index contributed by atoms with van der Waals surface area (Å²) in [5.74, 6) is -3.23. The molecule has 2 saturated heterocycles. The Hall–Kier alpha value is -2.93. The van der Waals surface area contributed by atoms with E-state index in [1.165, 1.54) is 23.6 Å². The maximum atomic E-state index is 12.9. The van der Waals surface area contributed by atoms with Crippen molar-refractivity contribution >= 4 is 29.7 Å². The molecule has 0 saturated carbocycles. The molecular formula is C19H31N5O8. The van der Waals surface area contributed by atoms with E-state index >= 15 is 0 Å². The molecule has 6 atom stereocenters. The number of hydrogen-bond donors (Lipinski definition) is 6. The number of nitrogens with two attached hydrogens (primary N) is 1. The lowest BCUT2D eigenvalue weighted by Crippen LogP contribution is -2.53. The van der Waals surface area contributed by atoms with Crippen LogP contribution >= 0.6 is 0 Å². The van der Waals surface area contributed by atoms with Gasteiger partial charge in [0.2, 0.25) is 23.6 Å².